The molecule has 0 bridgehead atoms. The van der Waals surface area contributed by atoms with Crippen LogP contribution in [0.3, 0.4) is 0 Å². The fourth-order valence-electron chi connectivity index (χ4n) is 3.08. The molecular formula is C13H17NO2. The zero-order valence-corrected chi connectivity index (χ0v) is 9.72. The molecule has 0 aromatic heterocycles. The Labute approximate surface area is 95.8 Å². The van der Waals surface area contributed by atoms with Crippen LogP contribution in [-0.4, -0.2) is 30.1 Å². The molecule has 0 aliphatic carbocycles. The van der Waals surface area contributed by atoms with Crippen molar-refractivity contribution in [3.63, 3.8) is 0 Å². The highest BCUT2D eigenvalue weighted by Gasteiger charge is 2.50. The van der Waals surface area contributed by atoms with Crippen molar-refractivity contribution in [1.82, 2.24) is 4.90 Å². The van der Waals surface area contributed by atoms with E-state index < -0.39 is 0 Å². The molecule has 0 N–H and O–H groups in total. The number of cyclic esters (lactones) is 1. The van der Waals surface area contributed by atoms with E-state index in [0.29, 0.717) is 18.6 Å². The molecule has 86 valence electrons. The first-order chi connectivity index (χ1) is 7.72. The number of hydrogen-bond donors (Lipinski definition) is 0. The molecule has 3 rings (SSSR count). The summed E-state index contributed by atoms with van der Waals surface area (Å²) in [6.45, 7) is 5.88. The van der Waals surface area contributed by atoms with Crippen LogP contribution in [0.2, 0.25) is 0 Å². The number of fused-ring (bicyclic) bond motifs is 2. The van der Waals surface area contributed by atoms with Gasteiger partial charge >= 0.3 is 5.97 Å². The Hall–Kier alpha value is -1.25. The van der Waals surface area contributed by atoms with Gasteiger partial charge in [0.1, 0.15) is 0 Å². The Balaban J connectivity index is 1.98. The van der Waals surface area contributed by atoms with Gasteiger partial charge in [-0.25, -0.2) is 0 Å². The molecule has 3 nitrogen and oxygen atoms in total. The van der Waals surface area contributed by atoms with E-state index in [1.165, 1.54) is 5.70 Å². The molecule has 0 aromatic rings. The van der Waals surface area contributed by atoms with E-state index in [9.17, 15) is 4.79 Å². The maximum absolute atomic E-state index is 11.8. The highest BCUT2D eigenvalue weighted by molar-refractivity contribution is 5.76. The largest absolute Gasteiger partial charge is 0.465 e. The average molecular weight is 219 g/mol. The summed E-state index contributed by atoms with van der Waals surface area (Å²) in [7, 11) is 0. The van der Waals surface area contributed by atoms with E-state index >= 15 is 0 Å². The molecule has 3 aliphatic heterocycles. The van der Waals surface area contributed by atoms with Crippen molar-refractivity contribution in [2.45, 2.75) is 19.9 Å². The van der Waals surface area contributed by atoms with E-state index in [1.54, 1.807) is 0 Å². The Kier molecular flexibility index (Phi) is 2.09. The molecule has 4 unspecified atom stereocenters. The lowest BCUT2D eigenvalue weighted by atomic mass is 9.80. The van der Waals surface area contributed by atoms with Crippen molar-refractivity contribution in [3.05, 3.63) is 23.9 Å². The van der Waals surface area contributed by atoms with E-state index in [1.807, 2.05) is 13.0 Å². The van der Waals surface area contributed by atoms with E-state index in [0.717, 1.165) is 6.54 Å². The third-order valence-corrected chi connectivity index (χ3v) is 4.07. The molecule has 0 radical (unpaired) electrons. The molecule has 2 fully saturated rings. The fraction of sp³-hybridized carbons (Fsp3) is 0.615. The van der Waals surface area contributed by atoms with Crippen molar-refractivity contribution in [2.75, 3.05) is 13.2 Å². The van der Waals surface area contributed by atoms with Crippen LogP contribution in [0.4, 0.5) is 0 Å². The molecular weight excluding hydrogens is 202 g/mol. The topological polar surface area (TPSA) is 29.3 Å². The SMILES string of the molecule is C/C=C/C1C=C2CN2C(C)C2COC(=O)C12. The molecule has 2 saturated heterocycles. The van der Waals surface area contributed by atoms with Crippen molar-refractivity contribution in [3.8, 4) is 0 Å². The minimum Gasteiger partial charge on any atom is -0.465 e. The summed E-state index contributed by atoms with van der Waals surface area (Å²) in [5.41, 5.74) is 1.40. The number of esters is 1. The van der Waals surface area contributed by atoms with Gasteiger partial charge in [0.15, 0.2) is 0 Å². The number of rotatable bonds is 1. The number of carbonyl (C=O) groups is 1. The van der Waals surface area contributed by atoms with E-state index in [4.69, 9.17) is 4.74 Å². The lowest BCUT2D eigenvalue weighted by Crippen LogP contribution is -2.33. The van der Waals surface area contributed by atoms with Gasteiger partial charge in [-0.3, -0.25) is 4.79 Å². The number of carbonyl (C=O) groups excluding carboxylic acids is 1. The summed E-state index contributed by atoms with van der Waals surface area (Å²) in [5.74, 6) is 0.602. The Bertz CT molecular complexity index is 385. The predicted octanol–water partition coefficient (Wildman–Crippen LogP) is 1.57. The van der Waals surface area contributed by atoms with Gasteiger partial charge in [-0.1, -0.05) is 18.2 Å². The van der Waals surface area contributed by atoms with Crippen LogP contribution in [0.5, 0.6) is 0 Å². The number of ether oxygens (including phenoxy) is 1. The Morgan fingerprint density at radius 3 is 3.12 bits per heavy atom. The van der Waals surface area contributed by atoms with E-state index in [2.05, 4.69) is 24.0 Å². The van der Waals surface area contributed by atoms with Gasteiger partial charge in [0.2, 0.25) is 0 Å². The first kappa shape index (κ1) is 9.94. The van der Waals surface area contributed by atoms with Crippen LogP contribution < -0.4 is 0 Å². The number of allylic oxidation sites excluding steroid dienone is 3. The molecule has 0 saturated carbocycles. The molecule has 3 aliphatic rings. The lowest BCUT2D eigenvalue weighted by Gasteiger charge is -2.24. The standard InChI is InChI=1S/C13H17NO2/c1-3-4-9-5-10-6-14(10)8(2)11-7-16-13(15)12(9)11/h3-5,8-9,11-12H,6-7H2,1-2H3/b4-3+. The van der Waals surface area contributed by atoms with Gasteiger partial charge in [-0.05, 0) is 13.8 Å². The second kappa shape index (κ2) is 3.37. The number of hydrogen-bond acceptors (Lipinski definition) is 3. The van der Waals surface area contributed by atoms with Gasteiger partial charge in [0, 0.05) is 23.6 Å². The molecule has 0 aromatic carbocycles. The highest BCUT2D eigenvalue weighted by atomic mass is 16.5. The van der Waals surface area contributed by atoms with Crippen molar-refractivity contribution in [1.29, 1.82) is 0 Å². The molecule has 0 amide bonds. The summed E-state index contributed by atoms with van der Waals surface area (Å²) < 4.78 is 5.24. The third-order valence-electron chi connectivity index (χ3n) is 4.07. The molecule has 4 atom stereocenters. The summed E-state index contributed by atoms with van der Waals surface area (Å²) in [6.07, 6.45) is 6.41. The normalized spacial score (nSPS) is 41.2. The van der Waals surface area contributed by atoms with Gasteiger partial charge in [-0.15, -0.1) is 0 Å². The van der Waals surface area contributed by atoms with Crippen molar-refractivity contribution in [2.24, 2.45) is 17.8 Å². The predicted molar refractivity (Wildman–Crippen MR) is 60.5 cm³/mol. The minimum absolute atomic E-state index is 0.0145. The highest BCUT2D eigenvalue weighted by Crippen LogP contribution is 2.44. The summed E-state index contributed by atoms with van der Waals surface area (Å²) in [5, 5.41) is 0. The maximum atomic E-state index is 11.8. The fourth-order valence-corrected chi connectivity index (χ4v) is 3.08. The first-order valence-electron chi connectivity index (χ1n) is 5.99. The van der Waals surface area contributed by atoms with Crippen LogP contribution >= 0.6 is 0 Å². The zero-order chi connectivity index (χ0) is 11.3. The third kappa shape index (κ3) is 1.30. The van der Waals surface area contributed by atoms with Crippen LogP contribution in [0, 0.1) is 17.8 Å². The zero-order valence-electron chi connectivity index (χ0n) is 9.72. The van der Waals surface area contributed by atoms with Gasteiger partial charge < -0.3 is 9.64 Å². The first-order valence-corrected chi connectivity index (χ1v) is 5.99. The monoisotopic (exact) mass is 219 g/mol. The summed E-state index contributed by atoms with van der Waals surface area (Å²) >= 11 is 0. The second-order valence-corrected chi connectivity index (χ2v) is 4.95. The van der Waals surface area contributed by atoms with Crippen LogP contribution in [0.25, 0.3) is 0 Å². The van der Waals surface area contributed by atoms with Gasteiger partial charge in [-0.2, -0.15) is 0 Å². The summed E-state index contributed by atoms with van der Waals surface area (Å²) in [4.78, 5) is 14.2. The van der Waals surface area contributed by atoms with Crippen LogP contribution in [0.15, 0.2) is 23.9 Å². The van der Waals surface area contributed by atoms with Gasteiger partial charge in [0.25, 0.3) is 0 Å². The Morgan fingerprint density at radius 2 is 2.38 bits per heavy atom. The number of nitrogens with zero attached hydrogens (tertiary/aromatic N) is 1. The van der Waals surface area contributed by atoms with Crippen molar-refractivity contribution < 1.29 is 9.53 Å². The minimum atomic E-state index is -0.0145. The van der Waals surface area contributed by atoms with Gasteiger partial charge in [0.05, 0.1) is 19.1 Å². The molecule has 3 heteroatoms. The maximum Gasteiger partial charge on any atom is 0.310 e. The molecule has 16 heavy (non-hydrogen) atoms. The lowest BCUT2D eigenvalue weighted by molar-refractivity contribution is -0.141. The summed E-state index contributed by atoms with van der Waals surface area (Å²) in [6, 6.07) is 0.443. The Morgan fingerprint density at radius 1 is 1.56 bits per heavy atom. The quantitative estimate of drug-likeness (QED) is 0.381. The molecule has 3 heterocycles. The van der Waals surface area contributed by atoms with E-state index in [-0.39, 0.29) is 17.8 Å². The smallest absolute Gasteiger partial charge is 0.310 e. The van der Waals surface area contributed by atoms with Crippen LogP contribution in [-0.2, 0) is 9.53 Å². The molecule has 0 spiro atoms. The second-order valence-electron chi connectivity index (χ2n) is 4.95. The van der Waals surface area contributed by atoms with Crippen LogP contribution in [0.1, 0.15) is 13.8 Å². The van der Waals surface area contributed by atoms with Crippen molar-refractivity contribution >= 4 is 5.97 Å². The average Bonchev–Trinajstić information content (AvgIpc) is 2.92.